The summed E-state index contributed by atoms with van der Waals surface area (Å²) < 4.78 is 6.28. The van der Waals surface area contributed by atoms with Crippen molar-refractivity contribution in [3.8, 4) is 0 Å². The van der Waals surface area contributed by atoms with Gasteiger partial charge in [-0.25, -0.2) is 4.79 Å². The lowest BCUT2D eigenvalue weighted by Gasteiger charge is -2.12. The highest BCUT2D eigenvalue weighted by Gasteiger charge is 2.53. The molecule has 0 aliphatic heterocycles. The number of rotatable bonds is 2. The van der Waals surface area contributed by atoms with Crippen LogP contribution in [0.25, 0.3) is 0 Å². The van der Waals surface area contributed by atoms with Gasteiger partial charge in [0.25, 0.3) is 0 Å². The first-order valence-electron chi connectivity index (χ1n) is 3.99. The first-order chi connectivity index (χ1) is 6.19. The van der Waals surface area contributed by atoms with Crippen molar-refractivity contribution >= 4 is 17.6 Å². The summed E-state index contributed by atoms with van der Waals surface area (Å²) >= 11 is 5.66. The zero-order valence-electron chi connectivity index (χ0n) is 7.16. The Morgan fingerprint density at radius 2 is 2.46 bits per heavy atom. The number of carbonyl (C=O) groups is 1. The summed E-state index contributed by atoms with van der Waals surface area (Å²) in [6, 6.07) is 1.66. The fourth-order valence-electron chi connectivity index (χ4n) is 1.38. The first kappa shape index (κ1) is 8.56. The van der Waals surface area contributed by atoms with E-state index in [0.717, 1.165) is 12.8 Å². The Morgan fingerprint density at radius 3 is 2.85 bits per heavy atom. The highest BCUT2D eigenvalue weighted by Crippen LogP contribution is 2.44. The molecular weight excluding hydrogens is 192 g/mol. The number of hydrogen-bond donors (Lipinski definition) is 0. The fraction of sp³-hybridized carbons (Fsp3) is 0.500. The highest BCUT2D eigenvalue weighted by molar-refractivity contribution is 6.29. The van der Waals surface area contributed by atoms with Crippen molar-refractivity contribution in [2.45, 2.75) is 18.4 Å². The van der Waals surface area contributed by atoms with Gasteiger partial charge in [0.2, 0.25) is 0 Å². The van der Waals surface area contributed by atoms with E-state index >= 15 is 0 Å². The average Bonchev–Trinajstić information content (AvgIpc) is 2.83. The minimum absolute atomic E-state index is 0.243. The van der Waals surface area contributed by atoms with Crippen molar-refractivity contribution in [1.29, 1.82) is 0 Å². The SMILES string of the molecule is COC(=O)C1(n2ccc(Cl)n2)CC1. The second kappa shape index (κ2) is 2.73. The molecule has 4 nitrogen and oxygen atoms in total. The summed E-state index contributed by atoms with van der Waals surface area (Å²) in [7, 11) is 1.38. The number of hydrogen-bond acceptors (Lipinski definition) is 3. The molecule has 0 N–H and O–H groups in total. The van der Waals surface area contributed by atoms with Crippen LogP contribution in [0.3, 0.4) is 0 Å². The van der Waals surface area contributed by atoms with E-state index in [1.54, 1.807) is 16.9 Å². The standard InChI is InChI=1S/C8H9ClN2O2/c1-13-7(12)8(3-4-8)11-5-2-6(9)10-11/h2,5H,3-4H2,1H3. The van der Waals surface area contributed by atoms with Gasteiger partial charge in [-0.3, -0.25) is 4.68 Å². The Bertz CT molecular complexity index is 344. The third kappa shape index (κ3) is 1.21. The summed E-state index contributed by atoms with van der Waals surface area (Å²) in [5, 5.41) is 4.39. The molecule has 1 saturated carbocycles. The Hall–Kier alpha value is -1.03. The molecule has 0 bridgehead atoms. The molecule has 1 aliphatic carbocycles. The molecule has 0 aromatic carbocycles. The van der Waals surface area contributed by atoms with E-state index in [1.807, 2.05) is 0 Å². The molecule has 1 aromatic rings. The summed E-state index contributed by atoms with van der Waals surface area (Å²) in [5.41, 5.74) is -0.568. The van der Waals surface area contributed by atoms with Gasteiger partial charge in [-0.05, 0) is 18.9 Å². The average molecular weight is 201 g/mol. The molecule has 5 heteroatoms. The van der Waals surface area contributed by atoms with Crippen LogP contribution in [-0.4, -0.2) is 22.9 Å². The van der Waals surface area contributed by atoms with E-state index in [9.17, 15) is 4.79 Å². The van der Waals surface area contributed by atoms with Crippen LogP contribution in [0.4, 0.5) is 0 Å². The van der Waals surface area contributed by atoms with Crippen molar-refractivity contribution in [2.75, 3.05) is 7.11 Å². The van der Waals surface area contributed by atoms with Gasteiger partial charge in [-0.15, -0.1) is 0 Å². The molecule has 13 heavy (non-hydrogen) atoms. The van der Waals surface area contributed by atoms with Crippen molar-refractivity contribution in [1.82, 2.24) is 9.78 Å². The molecular formula is C8H9ClN2O2. The lowest BCUT2D eigenvalue weighted by molar-refractivity contribution is -0.146. The van der Waals surface area contributed by atoms with Gasteiger partial charge in [0.05, 0.1) is 7.11 Å². The van der Waals surface area contributed by atoms with Crippen LogP contribution in [0.15, 0.2) is 12.3 Å². The molecule has 1 aromatic heterocycles. The monoisotopic (exact) mass is 200 g/mol. The maximum atomic E-state index is 11.4. The second-order valence-electron chi connectivity index (χ2n) is 3.11. The smallest absolute Gasteiger partial charge is 0.333 e. The van der Waals surface area contributed by atoms with Crippen molar-refractivity contribution in [3.05, 3.63) is 17.4 Å². The Balaban J connectivity index is 2.30. The van der Waals surface area contributed by atoms with Crippen LogP contribution >= 0.6 is 11.6 Å². The molecule has 0 radical (unpaired) electrons. The van der Waals surface area contributed by atoms with Crippen LogP contribution < -0.4 is 0 Å². The molecule has 0 spiro atoms. The number of carbonyl (C=O) groups excluding carboxylic acids is 1. The first-order valence-corrected chi connectivity index (χ1v) is 4.37. The molecule has 0 atom stereocenters. The normalized spacial score (nSPS) is 18.3. The van der Waals surface area contributed by atoms with Crippen molar-refractivity contribution < 1.29 is 9.53 Å². The second-order valence-corrected chi connectivity index (χ2v) is 3.49. The zero-order valence-corrected chi connectivity index (χ0v) is 7.91. The Kier molecular flexibility index (Phi) is 1.80. The predicted octanol–water partition coefficient (Wildman–Crippen LogP) is 1.20. The van der Waals surface area contributed by atoms with Gasteiger partial charge < -0.3 is 4.74 Å². The third-order valence-corrected chi connectivity index (χ3v) is 2.49. The summed E-state index contributed by atoms with van der Waals surface area (Å²) in [6.45, 7) is 0. The molecule has 70 valence electrons. The maximum absolute atomic E-state index is 11.4. The summed E-state index contributed by atoms with van der Waals surface area (Å²) in [4.78, 5) is 11.4. The van der Waals surface area contributed by atoms with Crippen LogP contribution in [0, 0.1) is 0 Å². The summed E-state index contributed by atoms with van der Waals surface area (Å²) in [5.74, 6) is -0.243. The molecule has 1 fully saturated rings. The van der Waals surface area contributed by atoms with Gasteiger partial charge in [0.1, 0.15) is 0 Å². The minimum Gasteiger partial charge on any atom is -0.467 e. The minimum atomic E-state index is -0.568. The van der Waals surface area contributed by atoms with E-state index in [2.05, 4.69) is 5.10 Å². The molecule has 2 rings (SSSR count). The van der Waals surface area contributed by atoms with Crippen LogP contribution in [0.5, 0.6) is 0 Å². The lowest BCUT2D eigenvalue weighted by Crippen LogP contribution is -2.29. The quantitative estimate of drug-likeness (QED) is 0.674. The maximum Gasteiger partial charge on any atom is 0.333 e. The van der Waals surface area contributed by atoms with Gasteiger partial charge in [-0.1, -0.05) is 11.6 Å². The van der Waals surface area contributed by atoms with Crippen LogP contribution in [0.2, 0.25) is 5.15 Å². The largest absolute Gasteiger partial charge is 0.467 e. The number of methoxy groups -OCH3 is 1. The van der Waals surface area contributed by atoms with Gasteiger partial charge >= 0.3 is 5.97 Å². The number of esters is 1. The van der Waals surface area contributed by atoms with E-state index in [1.165, 1.54) is 7.11 Å². The molecule has 1 heterocycles. The molecule has 0 saturated heterocycles. The fourth-order valence-corrected chi connectivity index (χ4v) is 1.51. The number of nitrogens with zero attached hydrogens (tertiary/aromatic N) is 2. The third-order valence-electron chi connectivity index (χ3n) is 2.28. The van der Waals surface area contributed by atoms with Gasteiger partial charge in [0.15, 0.2) is 10.7 Å². The van der Waals surface area contributed by atoms with E-state index in [4.69, 9.17) is 16.3 Å². The zero-order chi connectivity index (χ0) is 9.47. The number of aromatic nitrogens is 2. The Labute approximate surface area is 80.4 Å². The Morgan fingerprint density at radius 1 is 1.77 bits per heavy atom. The lowest BCUT2D eigenvalue weighted by atomic mass is 10.3. The van der Waals surface area contributed by atoms with Crippen molar-refractivity contribution in [2.24, 2.45) is 0 Å². The number of ether oxygens (including phenoxy) is 1. The number of halogens is 1. The van der Waals surface area contributed by atoms with E-state index in [0.29, 0.717) is 5.15 Å². The van der Waals surface area contributed by atoms with Gasteiger partial charge in [0, 0.05) is 6.20 Å². The van der Waals surface area contributed by atoms with E-state index < -0.39 is 5.54 Å². The molecule has 0 amide bonds. The van der Waals surface area contributed by atoms with Gasteiger partial charge in [-0.2, -0.15) is 5.10 Å². The van der Waals surface area contributed by atoms with E-state index in [-0.39, 0.29) is 5.97 Å². The summed E-state index contributed by atoms with van der Waals surface area (Å²) in [6.07, 6.45) is 3.25. The predicted molar refractivity (Wildman–Crippen MR) is 46.5 cm³/mol. The molecule has 0 unspecified atom stereocenters. The van der Waals surface area contributed by atoms with Crippen molar-refractivity contribution in [3.63, 3.8) is 0 Å². The highest BCUT2D eigenvalue weighted by atomic mass is 35.5. The topological polar surface area (TPSA) is 44.1 Å². The van der Waals surface area contributed by atoms with Crippen LogP contribution in [0.1, 0.15) is 12.8 Å². The van der Waals surface area contributed by atoms with Crippen LogP contribution in [-0.2, 0) is 15.1 Å². The molecule has 1 aliphatic rings.